The van der Waals surface area contributed by atoms with E-state index in [2.05, 4.69) is 11.8 Å². The van der Waals surface area contributed by atoms with Crippen molar-refractivity contribution in [3.8, 4) is 0 Å². The van der Waals surface area contributed by atoms with Crippen LogP contribution in [0.5, 0.6) is 0 Å². The summed E-state index contributed by atoms with van der Waals surface area (Å²) in [6, 6.07) is 3.96. The van der Waals surface area contributed by atoms with Crippen LogP contribution in [0.3, 0.4) is 0 Å². The normalized spacial score (nSPS) is 16.0. The lowest BCUT2D eigenvalue weighted by atomic mass is 10.0. The molecule has 1 heterocycles. The van der Waals surface area contributed by atoms with Crippen molar-refractivity contribution in [3.63, 3.8) is 0 Å². The SMILES string of the molecule is CCN1CCN(C(=O)CCN(c2c(C)cc(C)cc2C)S(C)(=O)=O)CC1. The maximum Gasteiger partial charge on any atom is 0.232 e. The van der Waals surface area contributed by atoms with E-state index in [0.717, 1.165) is 36.3 Å². The third-order valence-corrected chi connectivity index (χ3v) is 6.15. The number of carbonyl (C=O) groups excluding carboxylic acids is 1. The predicted molar refractivity (Wildman–Crippen MR) is 106 cm³/mol. The molecule has 6 nitrogen and oxygen atoms in total. The largest absolute Gasteiger partial charge is 0.340 e. The van der Waals surface area contributed by atoms with Crippen molar-refractivity contribution in [1.29, 1.82) is 0 Å². The maximum absolute atomic E-state index is 12.6. The Morgan fingerprint density at radius 2 is 1.62 bits per heavy atom. The molecule has 0 unspecified atom stereocenters. The summed E-state index contributed by atoms with van der Waals surface area (Å²) in [6.45, 7) is 12.3. The zero-order valence-electron chi connectivity index (χ0n) is 16.6. The molecule has 26 heavy (non-hydrogen) atoms. The maximum atomic E-state index is 12.6. The van der Waals surface area contributed by atoms with Gasteiger partial charge in [-0.05, 0) is 38.4 Å². The van der Waals surface area contributed by atoms with Crippen molar-refractivity contribution >= 4 is 21.6 Å². The molecule has 1 aromatic carbocycles. The van der Waals surface area contributed by atoms with Crippen molar-refractivity contribution in [1.82, 2.24) is 9.80 Å². The van der Waals surface area contributed by atoms with Gasteiger partial charge in [-0.1, -0.05) is 24.6 Å². The van der Waals surface area contributed by atoms with E-state index in [-0.39, 0.29) is 18.9 Å². The summed E-state index contributed by atoms with van der Waals surface area (Å²) in [4.78, 5) is 16.7. The van der Waals surface area contributed by atoms with Crippen LogP contribution < -0.4 is 4.31 Å². The lowest BCUT2D eigenvalue weighted by Crippen LogP contribution is -2.49. The second kappa shape index (κ2) is 8.39. The molecule has 0 radical (unpaired) electrons. The molecule has 146 valence electrons. The molecule has 1 saturated heterocycles. The number of aryl methyl sites for hydroxylation is 3. The lowest BCUT2D eigenvalue weighted by Gasteiger charge is -2.34. The minimum Gasteiger partial charge on any atom is -0.340 e. The Labute approximate surface area is 157 Å². The average Bonchev–Trinajstić information content (AvgIpc) is 2.55. The van der Waals surface area contributed by atoms with E-state index in [0.29, 0.717) is 18.8 Å². The van der Waals surface area contributed by atoms with Crippen molar-refractivity contribution in [2.45, 2.75) is 34.1 Å². The molecule has 7 heteroatoms. The van der Waals surface area contributed by atoms with Crippen LogP contribution in [0.15, 0.2) is 12.1 Å². The Hall–Kier alpha value is -1.60. The number of rotatable bonds is 6. The van der Waals surface area contributed by atoms with Gasteiger partial charge in [-0.15, -0.1) is 0 Å². The second-order valence-electron chi connectivity index (χ2n) is 7.15. The summed E-state index contributed by atoms with van der Waals surface area (Å²) in [6.07, 6.45) is 1.40. The number of amides is 1. The van der Waals surface area contributed by atoms with E-state index < -0.39 is 10.0 Å². The summed E-state index contributed by atoms with van der Waals surface area (Å²) in [7, 11) is -3.46. The molecule has 1 aliphatic rings. The minimum absolute atomic E-state index is 0.0248. The fourth-order valence-electron chi connectivity index (χ4n) is 3.68. The van der Waals surface area contributed by atoms with Gasteiger partial charge in [0, 0.05) is 39.1 Å². The Bertz CT molecular complexity index is 730. The summed E-state index contributed by atoms with van der Waals surface area (Å²) in [5, 5.41) is 0. The van der Waals surface area contributed by atoms with Gasteiger partial charge in [0.2, 0.25) is 15.9 Å². The summed E-state index contributed by atoms with van der Waals surface area (Å²) in [5.74, 6) is 0.0248. The fraction of sp³-hybridized carbons (Fsp3) is 0.632. The van der Waals surface area contributed by atoms with Gasteiger partial charge in [-0.2, -0.15) is 0 Å². The molecule has 0 bridgehead atoms. The van der Waals surface area contributed by atoms with Gasteiger partial charge in [0.15, 0.2) is 0 Å². The molecule has 0 spiro atoms. The second-order valence-corrected chi connectivity index (χ2v) is 9.05. The van der Waals surface area contributed by atoms with Gasteiger partial charge in [0.25, 0.3) is 0 Å². The van der Waals surface area contributed by atoms with E-state index in [1.807, 2.05) is 37.8 Å². The first-order chi connectivity index (χ1) is 12.1. The topological polar surface area (TPSA) is 60.9 Å². The first-order valence-electron chi connectivity index (χ1n) is 9.19. The molecule has 0 saturated carbocycles. The number of nitrogens with zero attached hydrogens (tertiary/aromatic N) is 3. The number of hydrogen-bond acceptors (Lipinski definition) is 4. The van der Waals surface area contributed by atoms with Crippen molar-refractivity contribution in [2.75, 3.05) is 49.8 Å². The van der Waals surface area contributed by atoms with Crippen LogP contribution in [0.1, 0.15) is 30.0 Å². The lowest BCUT2D eigenvalue weighted by molar-refractivity contribution is -0.132. The monoisotopic (exact) mass is 381 g/mol. The quantitative estimate of drug-likeness (QED) is 0.755. The van der Waals surface area contributed by atoms with Crippen LogP contribution in [0.4, 0.5) is 5.69 Å². The summed E-state index contributed by atoms with van der Waals surface area (Å²) < 4.78 is 26.2. The highest BCUT2D eigenvalue weighted by molar-refractivity contribution is 7.92. The molecular weight excluding hydrogens is 350 g/mol. The first kappa shape index (κ1) is 20.7. The van der Waals surface area contributed by atoms with E-state index in [1.165, 1.54) is 10.6 Å². The Morgan fingerprint density at radius 3 is 2.08 bits per heavy atom. The number of anilines is 1. The van der Waals surface area contributed by atoms with E-state index in [4.69, 9.17) is 0 Å². The average molecular weight is 382 g/mol. The van der Waals surface area contributed by atoms with Crippen LogP contribution in [0.2, 0.25) is 0 Å². The van der Waals surface area contributed by atoms with E-state index in [9.17, 15) is 13.2 Å². The minimum atomic E-state index is -3.46. The molecule has 2 rings (SSSR count). The van der Waals surface area contributed by atoms with Gasteiger partial charge in [-0.25, -0.2) is 8.42 Å². The number of likely N-dealkylation sites (N-methyl/N-ethyl adjacent to an activating group) is 1. The number of piperazine rings is 1. The Kier molecular flexibility index (Phi) is 6.69. The number of benzene rings is 1. The zero-order chi connectivity index (χ0) is 19.5. The van der Waals surface area contributed by atoms with Crippen molar-refractivity contribution in [2.24, 2.45) is 0 Å². The number of carbonyl (C=O) groups is 1. The molecule has 1 aromatic rings. The van der Waals surface area contributed by atoms with Crippen LogP contribution in [-0.4, -0.2) is 69.6 Å². The smallest absolute Gasteiger partial charge is 0.232 e. The van der Waals surface area contributed by atoms with Crippen LogP contribution in [0.25, 0.3) is 0 Å². The third kappa shape index (κ3) is 4.98. The molecule has 1 amide bonds. The molecular formula is C19H31N3O3S. The zero-order valence-corrected chi connectivity index (χ0v) is 17.4. The number of sulfonamides is 1. The van der Waals surface area contributed by atoms with Crippen molar-refractivity contribution in [3.05, 3.63) is 28.8 Å². The first-order valence-corrected chi connectivity index (χ1v) is 11.0. The van der Waals surface area contributed by atoms with E-state index in [1.54, 1.807) is 0 Å². The Morgan fingerprint density at radius 1 is 1.08 bits per heavy atom. The van der Waals surface area contributed by atoms with Gasteiger partial charge >= 0.3 is 0 Å². The van der Waals surface area contributed by atoms with Gasteiger partial charge in [0.1, 0.15) is 0 Å². The summed E-state index contributed by atoms with van der Waals surface area (Å²) in [5.41, 5.74) is 3.62. The van der Waals surface area contributed by atoms with Gasteiger partial charge in [-0.3, -0.25) is 9.10 Å². The fourth-order valence-corrected chi connectivity index (χ4v) is 4.72. The molecule has 0 N–H and O–H groups in total. The van der Waals surface area contributed by atoms with Crippen LogP contribution in [-0.2, 0) is 14.8 Å². The Balaban J connectivity index is 2.12. The van der Waals surface area contributed by atoms with Crippen molar-refractivity contribution < 1.29 is 13.2 Å². The molecule has 0 aliphatic carbocycles. The molecule has 0 atom stereocenters. The molecule has 1 aliphatic heterocycles. The van der Waals surface area contributed by atoms with Gasteiger partial charge < -0.3 is 9.80 Å². The van der Waals surface area contributed by atoms with Crippen LogP contribution >= 0.6 is 0 Å². The van der Waals surface area contributed by atoms with Crippen LogP contribution in [0, 0.1) is 20.8 Å². The molecule has 1 fully saturated rings. The highest BCUT2D eigenvalue weighted by Gasteiger charge is 2.25. The predicted octanol–water partition coefficient (Wildman–Crippen LogP) is 1.93. The number of hydrogen-bond donors (Lipinski definition) is 0. The highest BCUT2D eigenvalue weighted by atomic mass is 32.2. The van der Waals surface area contributed by atoms with E-state index >= 15 is 0 Å². The summed E-state index contributed by atoms with van der Waals surface area (Å²) >= 11 is 0. The third-order valence-electron chi connectivity index (χ3n) is 4.99. The highest BCUT2D eigenvalue weighted by Crippen LogP contribution is 2.28. The standard InChI is InChI=1S/C19H31N3O3S/c1-6-20-9-11-21(12-10-20)18(23)7-8-22(26(5,24)25)19-16(3)13-15(2)14-17(19)4/h13-14H,6-12H2,1-5H3. The van der Waals surface area contributed by atoms with Gasteiger partial charge in [0.05, 0.1) is 11.9 Å². The molecule has 0 aromatic heterocycles.